The zero-order valence-corrected chi connectivity index (χ0v) is 19.7. The van der Waals surface area contributed by atoms with Crippen LogP contribution in [0.25, 0.3) is 0 Å². The van der Waals surface area contributed by atoms with E-state index < -0.39 is 0 Å². The van der Waals surface area contributed by atoms with Crippen molar-refractivity contribution in [2.45, 2.75) is 13.8 Å². The molecule has 0 saturated carbocycles. The number of aromatic nitrogens is 2. The Bertz CT molecular complexity index is 714. The maximum absolute atomic E-state index is 5.21. The van der Waals surface area contributed by atoms with Crippen LogP contribution in [-0.4, -0.2) is 31.6 Å². The van der Waals surface area contributed by atoms with Crippen LogP contribution in [0.1, 0.15) is 25.2 Å². The Balaban J connectivity index is 0.000000483. The Labute approximate surface area is 181 Å². The first kappa shape index (κ1) is 24.6. The molecule has 0 bridgehead atoms. The van der Waals surface area contributed by atoms with E-state index in [2.05, 4.69) is 55.5 Å². The maximum atomic E-state index is 5.21. The molecule has 0 aliphatic heterocycles. The third-order valence-corrected chi connectivity index (χ3v) is 2.92. The van der Waals surface area contributed by atoms with Gasteiger partial charge in [-0.15, -0.1) is 0 Å². The van der Waals surface area contributed by atoms with E-state index in [4.69, 9.17) is 11.5 Å². The molecule has 0 radical (unpaired) electrons. The molecule has 0 atom stereocenters. The molecule has 11 heteroatoms. The molecule has 27 heavy (non-hydrogen) atoms. The molecule has 0 saturated heterocycles. The number of hydrogen-bond acceptors (Lipinski definition) is 6. The van der Waals surface area contributed by atoms with Crippen LogP contribution in [-0.2, 0) is 19.5 Å². The zero-order valence-electron chi connectivity index (χ0n) is 15.1. The van der Waals surface area contributed by atoms with Gasteiger partial charge in [-0.05, 0) is 62.5 Å². The van der Waals surface area contributed by atoms with Crippen molar-refractivity contribution in [1.82, 2.24) is 20.8 Å². The molecule has 0 aliphatic carbocycles. The summed E-state index contributed by atoms with van der Waals surface area (Å²) in [5.74, 6) is 0. The van der Waals surface area contributed by atoms with Crippen LogP contribution in [0.2, 0.25) is 0 Å². The second-order valence-corrected chi connectivity index (χ2v) is 5.66. The van der Waals surface area contributed by atoms with E-state index in [0.29, 0.717) is 0 Å². The molecule has 2 heterocycles. The van der Waals surface area contributed by atoms with Gasteiger partial charge in [0, 0.05) is 31.9 Å². The fourth-order valence-electron chi connectivity index (χ4n) is 1.55. The smallest absolute Gasteiger partial charge is 0.184 e. The van der Waals surface area contributed by atoms with Gasteiger partial charge in [0.2, 0.25) is 0 Å². The molecular formula is C16H20N8S2Zn. The Morgan fingerprint density at radius 2 is 1.19 bits per heavy atom. The minimum Gasteiger partial charge on any atom is -0.375 e. The summed E-state index contributed by atoms with van der Waals surface area (Å²) in [6.45, 7) is 3.65. The molecule has 0 aliphatic rings. The van der Waals surface area contributed by atoms with Gasteiger partial charge in [-0.2, -0.15) is 10.2 Å². The zero-order chi connectivity index (χ0) is 19.4. The quantitative estimate of drug-likeness (QED) is 0.236. The summed E-state index contributed by atoms with van der Waals surface area (Å²) in [6, 6.07) is 11.2. The Morgan fingerprint density at radius 3 is 1.44 bits per heavy atom. The number of nitrogens with zero attached hydrogens (tertiary/aromatic N) is 4. The van der Waals surface area contributed by atoms with Gasteiger partial charge in [0.15, 0.2) is 10.2 Å². The topological polar surface area (TPSA) is 127 Å². The van der Waals surface area contributed by atoms with Crippen molar-refractivity contribution in [2.75, 3.05) is 0 Å². The molecule has 0 fully saturated rings. The summed E-state index contributed by atoms with van der Waals surface area (Å²) in [5, 5.41) is 8.16. The van der Waals surface area contributed by atoms with Gasteiger partial charge in [-0.3, -0.25) is 20.8 Å². The number of nitrogens with one attached hydrogen (secondary N) is 2. The van der Waals surface area contributed by atoms with Crippen LogP contribution in [0.4, 0.5) is 0 Å². The van der Waals surface area contributed by atoms with Crippen molar-refractivity contribution in [1.29, 1.82) is 0 Å². The van der Waals surface area contributed by atoms with E-state index in [1.165, 1.54) is 0 Å². The monoisotopic (exact) mass is 452 g/mol. The normalized spacial score (nSPS) is 10.6. The minimum atomic E-state index is 0. The van der Waals surface area contributed by atoms with Gasteiger partial charge in [-0.25, -0.2) is 0 Å². The third kappa shape index (κ3) is 11.1. The SMILES string of the molecule is CC(=NNC(N)=S)c1ccccn1.CC(=NNC(N)=S)c1ccccn1.[Zn]. The average molecular weight is 454 g/mol. The second kappa shape index (κ2) is 13.8. The molecule has 6 N–H and O–H groups in total. The van der Waals surface area contributed by atoms with E-state index >= 15 is 0 Å². The van der Waals surface area contributed by atoms with Crippen LogP contribution in [0.5, 0.6) is 0 Å². The fraction of sp³-hybridized carbons (Fsp3) is 0.125. The standard InChI is InChI=1S/2C8H10N4S.Zn/c2*1-6(11-12-8(9)13)7-4-2-3-5-10-7;/h2*2-5H,1H3,(H3,9,12,13);. The van der Waals surface area contributed by atoms with E-state index in [1.807, 2.05) is 50.2 Å². The maximum Gasteiger partial charge on any atom is 0.184 e. The summed E-state index contributed by atoms with van der Waals surface area (Å²) in [6.07, 6.45) is 3.41. The summed E-state index contributed by atoms with van der Waals surface area (Å²) in [7, 11) is 0. The van der Waals surface area contributed by atoms with Crippen molar-refractivity contribution in [3.8, 4) is 0 Å². The van der Waals surface area contributed by atoms with Gasteiger partial charge < -0.3 is 11.5 Å². The molecule has 0 spiro atoms. The number of hydrazone groups is 2. The second-order valence-electron chi connectivity index (χ2n) is 4.78. The van der Waals surface area contributed by atoms with Crippen LogP contribution in [0.15, 0.2) is 59.0 Å². The number of thiocarbonyl (C=S) groups is 2. The van der Waals surface area contributed by atoms with Crippen LogP contribution in [0.3, 0.4) is 0 Å². The number of nitrogens with two attached hydrogens (primary N) is 2. The van der Waals surface area contributed by atoms with Gasteiger partial charge in [0.1, 0.15) is 0 Å². The third-order valence-electron chi connectivity index (χ3n) is 2.74. The first-order valence-corrected chi connectivity index (χ1v) is 8.24. The van der Waals surface area contributed by atoms with Gasteiger partial charge in [0.05, 0.1) is 22.8 Å². The van der Waals surface area contributed by atoms with Crippen molar-refractivity contribution in [2.24, 2.45) is 21.7 Å². The summed E-state index contributed by atoms with van der Waals surface area (Å²) < 4.78 is 0. The van der Waals surface area contributed by atoms with E-state index in [-0.39, 0.29) is 29.7 Å². The largest absolute Gasteiger partial charge is 0.375 e. The van der Waals surface area contributed by atoms with Crippen molar-refractivity contribution in [3.05, 3.63) is 60.2 Å². The Kier molecular flexibility index (Phi) is 12.6. The number of hydrogen-bond donors (Lipinski definition) is 4. The first-order chi connectivity index (χ1) is 12.4. The minimum absolute atomic E-state index is 0. The van der Waals surface area contributed by atoms with E-state index in [0.717, 1.165) is 22.8 Å². The first-order valence-electron chi connectivity index (χ1n) is 7.42. The molecule has 2 aromatic rings. The molecule has 0 unspecified atom stereocenters. The Morgan fingerprint density at radius 1 is 0.815 bits per heavy atom. The summed E-state index contributed by atoms with van der Waals surface area (Å²) >= 11 is 9.21. The molecule has 2 aromatic heterocycles. The molecular weight excluding hydrogens is 434 g/mol. The predicted molar refractivity (Wildman–Crippen MR) is 113 cm³/mol. The van der Waals surface area contributed by atoms with Gasteiger partial charge in [0.25, 0.3) is 0 Å². The number of pyridine rings is 2. The van der Waals surface area contributed by atoms with Crippen molar-refractivity contribution < 1.29 is 19.5 Å². The van der Waals surface area contributed by atoms with E-state index in [9.17, 15) is 0 Å². The fourth-order valence-corrected chi connectivity index (χ4v) is 1.64. The van der Waals surface area contributed by atoms with Crippen molar-refractivity contribution >= 4 is 46.1 Å². The van der Waals surface area contributed by atoms with E-state index in [1.54, 1.807) is 12.4 Å². The predicted octanol–water partition coefficient (Wildman–Crippen LogP) is 1.28. The number of rotatable bonds is 4. The summed E-state index contributed by atoms with van der Waals surface area (Å²) in [4.78, 5) is 8.20. The van der Waals surface area contributed by atoms with Crippen molar-refractivity contribution in [3.63, 3.8) is 0 Å². The summed E-state index contributed by atoms with van der Waals surface area (Å²) in [5.41, 5.74) is 18.5. The molecule has 8 nitrogen and oxygen atoms in total. The molecule has 0 amide bonds. The molecule has 2 rings (SSSR count). The average Bonchev–Trinajstić information content (AvgIpc) is 2.66. The Hall–Kier alpha value is -2.36. The molecule has 138 valence electrons. The molecule has 0 aromatic carbocycles. The van der Waals surface area contributed by atoms with Crippen LogP contribution in [0, 0.1) is 0 Å². The van der Waals surface area contributed by atoms with Crippen LogP contribution < -0.4 is 22.3 Å². The van der Waals surface area contributed by atoms with Gasteiger partial charge in [-0.1, -0.05) is 12.1 Å². The van der Waals surface area contributed by atoms with Crippen LogP contribution >= 0.6 is 24.4 Å². The van der Waals surface area contributed by atoms with Gasteiger partial charge >= 0.3 is 0 Å².